The Morgan fingerprint density at radius 2 is 1.63 bits per heavy atom. The standard InChI is InChI=1S/C27H41N5O6/c1-18(2)28-26(35)31-14-15-32(27(36)29-20-8-6-5-7-9-20)23(17-31)24(33)30-22(25(34)38-4)16-19-10-12-21(37-3)13-11-19/h10-13,18,20,22-23H,5-9,14-17H2,1-4H3,(H,28,35)(H,29,36)(H,30,33). The third kappa shape index (κ3) is 8.00. The Labute approximate surface area is 224 Å². The molecule has 2 unspecified atom stereocenters. The van der Waals surface area contributed by atoms with E-state index in [2.05, 4.69) is 16.0 Å². The summed E-state index contributed by atoms with van der Waals surface area (Å²) in [5, 5.41) is 8.69. The lowest BCUT2D eigenvalue weighted by Gasteiger charge is -2.41. The molecule has 0 spiro atoms. The van der Waals surface area contributed by atoms with Crippen molar-refractivity contribution >= 4 is 23.9 Å². The van der Waals surface area contributed by atoms with Gasteiger partial charge < -0.3 is 35.2 Å². The Morgan fingerprint density at radius 1 is 0.947 bits per heavy atom. The van der Waals surface area contributed by atoms with E-state index in [1.807, 2.05) is 26.0 Å². The highest BCUT2D eigenvalue weighted by atomic mass is 16.5. The van der Waals surface area contributed by atoms with Crippen molar-refractivity contribution in [1.29, 1.82) is 0 Å². The molecule has 1 aliphatic heterocycles. The summed E-state index contributed by atoms with van der Waals surface area (Å²) in [6.07, 6.45) is 5.29. The minimum atomic E-state index is -0.969. The number of benzene rings is 1. The molecule has 3 N–H and O–H groups in total. The molecule has 1 saturated carbocycles. The van der Waals surface area contributed by atoms with Gasteiger partial charge in [-0.1, -0.05) is 31.4 Å². The van der Waals surface area contributed by atoms with Crippen LogP contribution in [-0.2, 0) is 20.7 Å². The van der Waals surface area contributed by atoms with Crippen LogP contribution in [0.1, 0.15) is 51.5 Å². The number of urea groups is 2. The number of methoxy groups -OCH3 is 2. The molecule has 2 aliphatic rings. The molecule has 3 rings (SSSR count). The number of carbonyl (C=O) groups excluding carboxylic acids is 4. The topological polar surface area (TPSA) is 129 Å². The quantitative estimate of drug-likeness (QED) is 0.441. The molecule has 5 amide bonds. The van der Waals surface area contributed by atoms with Crippen LogP contribution in [0.2, 0.25) is 0 Å². The summed E-state index contributed by atoms with van der Waals surface area (Å²) in [6, 6.07) is 4.60. The van der Waals surface area contributed by atoms with Crippen molar-refractivity contribution in [3.05, 3.63) is 29.8 Å². The molecular weight excluding hydrogens is 490 g/mol. The van der Waals surface area contributed by atoms with Crippen molar-refractivity contribution < 1.29 is 28.7 Å². The smallest absolute Gasteiger partial charge is 0.328 e. The van der Waals surface area contributed by atoms with Gasteiger partial charge in [0.2, 0.25) is 5.91 Å². The molecule has 38 heavy (non-hydrogen) atoms. The molecule has 1 aromatic rings. The largest absolute Gasteiger partial charge is 0.497 e. The fourth-order valence-electron chi connectivity index (χ4n) is 4.88. The summed E-state index contributed by atoms with van der Waals surface area (Å²) in [4.78, 5) is 55.2. The van der Waals surface area contributed by atoms with Gasteiger partial charge in [0.15, 0.2) is 0 Å². The molecule has 0 aromatic heterocycles. The van der Waals surface area contributed by atoms with E-state index in [9.17, 15) is 19.2 Å². The van der Waals surface area contributed by atoms with E-state index in [0.29, 0.717) is 12.3 Å². The SMILES string of the molecule is COC(=O)C(Cc1ccc(OC)cc1)NC(=O)C1CN(C(=O)NC(C)C)CCN1C(=O)NC1CCCCC1. The van der Waals surface area contributed by atoms with E-state index in [-0.39, 0.29) is 43.7 Å². The van der Waals surface area contributed by atoms with Crippen LogP contribution in [0.15, 0.2) is 24.3 Å². The Hall–Kier alpha value is -3.50. The maximum Gasteiger partial charge on any atom is 0.328 e. The van der Waals surface area contributed by atoms with Crippen LogP contribution in [-0.4, -0.2) is 91.8 Å². The lowest BCUT2D eigenvalue weighted by atomic mass is 9.95. The van der Waals surface area contributed by atoms with Crippen LogP contribution in [0, 0.1) is 0 Å². The average Bonchev–Trinajstić information content (AvgIpc) is 2.92. The number of hydrogen-bond donors (Lipinski definition) is 3. The summed E-state index contributed by atoms with van der Waals surface area (Å²) in [5.41, 5.74) is 0.801. The first-order valence-electron chi connectivity index (χ1n) is 13.4. The van der Waals surface area contributed by atoms with E-state index in [1.54, 1.807) is 19.2 Å². The van der Waals surface area contributed by atoms with E-state index in [0.717, 1.165) is 37.7 Å². The molecule has 0 bridgehead atoms. The number of ether oxygens (including phenoxy) is 2. The molecule has 11 nitrogen and oxygen atoms in total. The van der Waals surface area contributed by atoms with Gasteiger partial charge in [0.05, 0.1) is 20.8 Å². The summed E-state index contributed by atoms with van der Waals surface area (Å²) < 4.78 is 10.1. The molecule has 2 atom stereocenters. The normalized spacial score (nSPS) is 18.9. The Kier molecular flexibility index (Phi) is 10.6. The first-order chi connectivity index (χ1) is 18.2. The highest BCUT2D eigenvalue weighted by Gasteiger charge is 2.39. The van der Waals surface area contributed by atoms with E-state index < -0.39 is 24.0 Å². The van der Waals surface area contributed by atoms with Gasteiger partial charge in [0.1, 0.15) is 17.8 Å². The van der Waals surface area contributed by atoms with Gasteiger partial charge in [-0.15, -0.1) is 0 Å². The second-order valence-electron chi connectivity index (χ2n) is 10.2. The van der Waals surface area contributed by atoms with Crippen LogP contribution in [0.3, 0.4) is 0 Å². The number of amides is 5. The second kappa shape index (κ2) is 13.9. The molecule has 0 radical (unpaired) electrons. The molecule has 210 valence electrons. The van der Waals surface area contributed by atoms with E-state index in [4.69, 9.17) is 9.47 Å². The fourth-order valence-corrected chi connectivity index (χ4v) is 4.88. The van der Waals surface area contributed by atoms with Crippen LogP contribution in [0.25, 0.3) is 0 Å². The lowest BCUT2D eigenvalue weighted by molar-refractivity contribution is -0.145. The molecule has 1 aromatic carbocycles. The third-order valence-corrected chi connectivity index (χ3v) is 6.98. The second-order valence-corrected chi connectivity index (χ2v) is 10.2. The van der Waals surface area contributed by atoms with Gasteiger partial charge in [-0.2, -0.15) is 0 Å². The minimum absolute atomic E-state index is 0.0128. The maximum atomic E-state index is 13.6. The van der Waals surface area contributed by atoms with Crippen molar-refractivity contribution in [2.45, 2.75) is 76.5 Å². The van der Waals surface area contributed by atoms with E-state index >= 15 is 0 Å². The van der Waals surface area contributed by atoms with Crippen molar-refractivity contribution in [3.8, 4) is 5.75 Å². The van der Waals surface area contributed by atoms with Crippen LogP contribution < -0.4 is 20.7 Å². The number of rotatable bonds is 8. The summed E-state index contributed by atoms with van der Waals surface area (Å²) in [5.74, 6) is -0.443. The first kappa shape index (κ1) is 29.1. The zero-order valence-electron chi connectivity index (χ0n) is 22.8. The Balaban J connectivity index is 1.77. The zero-order chi connectivity index (χ0) is 27.7. The van der Waals surface area contributed by atoms with E-state index in [1.165, 1.54) is 16.9 Å². The summed E-state index contributed by atoms with van der Waals surface area (Å²) in [6.45, 7) is 4.22. The molecule has 1 saturated heterocycles. The van der Waals surface area contributed by atoms with Gasteiger partial charge in [-0.25, -0.2) is 14.4 Å². The van der Waals surface area contributed by atoms with Gasteiger partial charge in [-0.05, 0) is 44.4 Å². The fraction of sp³-hybridized carbons (Fsp3) is 0.630. The average molecular weight is 532 g/mol. The maximum absolute atomic E-state index is 13.6. The molecule has 1 heterocycles. The monoisotopic (exact) mass is 531 g/mol. The van der Waals surface area contributed by atoms with Gasteiger partial charge >= 0.3 is 18.0 Å². The lowest BCUT2D eigenvalue weighted by Crippen LogP contribution is -2.66. The van der Waals surface area contributed by atoms with Crippen LogP contribution in [0.4, 0.5) is 9.59 Å². The number of esters is 1. The van der Waals surface area contributed by atoms with Crippen LogP contribution >= 0.6 is 0 Å². The number of hydrogen-bond acceptors (Lipinski definition) is 6. The summed E-state index contributed by atoms with van der Waals surface area (Å²) in [7, 11) is 2.83. The predicted octanol–water partition coefficient (Wildman–Crippen LogP) is 2.04. The van der Waals surface area contributed by atoms with Crippen molar-refractivity contribution in [1.82, 2.24) is 25.8 Å². The zero-order valence-corrected chi connectivity index (χ0v) is 22.8. The Morgan fingerprint density at radius 3 is 2.24 bits per heavy atom. The van der Waals surface area contributed by atoms with Gasteiger partial charge in [0.25, 0.3) is 0 Å². The van der Waals surface area contributed by atoms with Crippen molar-refractivity contribution in [2.24, 2.45) is 0 Å². The summed E-state index contributed by atoms with van der Waals surface area (Å²) >= 11 is 0. The predicted molar refractivity (Wildman–Crippen MR) is 142 cm³/mol. The third-order valence-electron chi connectivity index (χ3n) is 6.98. The molecule has 2 fully saturated rings. The number of nitrogens with zero attached hydrogens (tertiary/aromatic N) is 2. The van der Waals surface area contributed by atoms with Crippen molar-refractivity contribution in [2.75, 3.05) is 33.9 Å². The highest BCUT2D eigenvalue weighted by Crippen LogP contribution is 2.19. The van der Waals surface area contributed by atoms with Crippen LogP contribution in [0.5, 0.6) is 5.75 Å². The minimum Gasteiger partial charge on any atom is -0.497 e. The van der Waals surface area contributed by atoms with Gasteiger partial charge in [-0.3, -0.25) is 4.79 Å². The number of nitrogens with one attached hydrogen (secondary N) is 3. The Bertz CT molecular complexity index is 963. The highest BCUT2D eigenvalue weighted by molar-refractivity contribution is 5.91. The van der Waals surface area contributed by atoms with Gasteiger partial charge in [0, 0.05) is 31.6 Å². The molecule has 1 aliphatic carbocycles. The molecule has 11 heteroatoms. The van der Waals surface area contributed by atoms with Crippen molar-refractivity contribution in [3.63, 3.8) is 0 Å². The molecular formula is C27H41N5O6. The number of carbonyl (C=O) groups is 4. The number of piperazine rings is 1. The first-order valence-corrected chi connectivity index (χ1v) is 13.4.